The molecule has 0 aliphatic heterocycles. The summed E-state index contributed by atoms with van der Waals surface area (Å²) in [5.41, 5.74) is 8.00. The van der Waals surface area contributed by atoms with Gasteiger partial charge in [-0.3, -0.25) is 0 Å². The monoisotopic (exact) mass is 269 g/mol. The standard InChI is InChI=1S/C12H13Cl2N3/c1-17-6-12(16-7-17)11(15)5-8-2-3-9(13)10(14)4-8/h2-4,6-7,11H,5,15H2,1H3. The highest BCUT2D eigenvalue weighted by molar-refractivity contribution is 6.42. The maximum absolute atomic E-state index is 6.08. The lowest BCUT2D eigenvalue weighted by atomic mass is 10.0. The molecule has 0 amide bonds. The van der Waals surface area contributed by atoms with E-state index in [-0.39, 0.29) is 6.04 Å². The second-order valence-corrected chi connectivity index (χ2v) is 4.84. The number of benzene rings is 1. The first-order valence-corrected chi connectivity index (χ1v) is 5.99. The smallest absolute Gasteiger partial charge is 0.0947 e. The van der Waals surface area contributed by atoms with Gasteiger partial charge in [0.25, 0.3) is 0 Å². The van der Waals surface area contributed by atoms with Crippen LogP contribution in [0.1, 0.15) is 17.3 Å². The second-order valence-electron chi connectivity index (χ2n) is 4.02. The lowest BCUT2D eigenvalue weighted by Gasteiger charge is -2.09. The maximum Gasteiger partial charge on any atom is 0.0947 e. The van der Waals surface area contributed by atoms with Crippen molar-refractivity contribution in [3.63, 3.8) is 0 Å². The molecule has 0 radical (unpaired) electrons. The van der Waals surface area contributed by atoms with Crippen LogP contribution in [-0.2, 0) is 13.5 Å². The SMILES string of the molecule is Cn1cnc(C(N)Cc2ccc(Cl)c(Cl)c2)c1. The van der Waals surface area contributed by atoms with Gasteiger partial charge in [-0.2, -0.15) is 0 Å². The average molecular weight is 270 g/mol. The van der Waals surface area contributed by atoms with E-state index in [1.54, 1.807) is 12.4 Å². The van der Waals surface area contributed by atoms with Gasteiger partial charge >= 0.3 is 0 Å². The Morgan fingerprint density at radius 2 is 2.12 bits per heavy atom. The van der Waals surface area contributed by atoms with Crippen molar-refractivity contribution in [3.8, 4) is 0 Å². The maximum atomic E-state index is 6.08. The number of nitrogens with two attached hydrogens (primary N) is 1. The van der Waals surface area contributed by atoms with Crippen LogP contribution in [0.25, 0.3) is 0 Å². The number of rotatable bonds is 3. The van der Waals surface area contributed by atoms with E-state index in [1.165, 1.54) is 0 Å². The van der Waals surface area contributed by atoms with E-state index in [4.69, 9.17) is 28.9 Å². The molecule has 0 spiro atoms. The van der Waals surface area contributed by atoms with Crippen LogP contribution in [0.15, 0.2) is 30.7 Å². The third-order valence-corrected chi connectivity index (χ3v) is 3.28. The molecule has 1 heterocycles. The van der Waals surface area contributed by atoms with Crippen molar-refractivity contribution in [1.82, 2.24) is 9.55 Å². The molecule has 0 bridgehead atoms. The molecule has 1 atom stereocenters. The third kappa shape index (κ3) is 3.00. The van der Waals surface area contributed by atoms with Gasteiger partial charge in [-0.1, -0.05) is 29.3 Å². The first kappa shape index (κ1) is 12.4. The van der Waals surface area contributed by atoms with Crippen LogP contribution in [0.5, 0.6) is 0 Å². The molecule has 5 heteroatoms. The van der Waals surface area contributed by atoms with E-state index < -0.39 is 0 Å². The zero-order chi connectivity index (χ0) is 12.4. The minimum atomic E-state index is -0.131. The van der Waals surface area contributed by atoms with E-state index in [0.29, 0.717) is 16.5 Å². The molecular weight excluding hydrogens is 257 g/mol. The number of aromatic nitrogens is 2. The lowest BCUT2D eigenvalue weighted by molar-refractivity contribution is 0.700. The van der Waals surface area contributed by atoms with Crippen molar-refractivity contribution < 1.29 is 0 Å². The van der Waals surface area contributed by atoms with Gasteiger partial charge in [-0.15, -0.1) is 0 Å². The van der Waals surface area contributed by atoms with Crippen molar-refractivity contribution in [2.75, 3.05) is 0 Å². The first-order valence-electron chi connectivity index (χ1n) is 5.23. The summed E-state index contributed by atoms with van der Waals surface area (Å²) in [6.07, 6.45) is 4.35. The van der Waals surface area contributed by atoms with Crippen LogP contribution in [0.3, 0.4) is 0 Å². The van der Waals surface area contributed by atoms with Crippen molar-refractivity contribution in [2.45, 2.75) is 12.5 Å². The zero-order valence-electron chi connectivity index (χ0n) is 9.40. The Hall–Kier alpha value is -1.03. The number of hydrogen-bond acceptors (Lipinski definition) is 2. The number of aryl methyl sites for hydroxylation is 1. The molecule has 0 aliphatic rings. The van der Waals surface area contributed by atoms with E-state index in [1.807, 2.05) is 29.9 Å². The van der Waals surface area contributed by atoms with Crippen molar-refractivity contribution in [1.29, 1.82) is 0 Å². The van der Waals surface area contributed by atoms with Crippen molar-refractivity contribution >= 4 is 23.2 Å². The third-order valence-electron chi connectivity index (χ3n) is 2.54. The van der Waals surface area contributed by atoms with E-state index in [9.17, 15) is 0 Å². The van der Waals surface area contributed by atoms with Crippen LogP contribution in [-0.4, -0.2) is 9.55 Å². The molecule has 3 nitrogen and oxygen atoms in total. The number of nitrogens with zero attached hydrogens (tertiary/aromatic N) is 2. The number of imidazole rings is 1. The topological polar surface area (TPSA) is 43.8 Å². The summed E-state index contributed by atoms with van der Waals surface area (Å²) in [6.45, 7) is 0. The van der Waals surface area contributed by atoms with Crippen LogP contribution in [0.4, 0.5) is 0 Å². The van der Waals surface area contributed by atoms with Gasteiger partial charge in [-0.05, 0) is 24.1 Å². The Balaban J connectivity index is 2.12. The average Bonchev–Trinajstić information content (AvgIpc) is 2.70. The number of hydrogen-bond donors (Lipinski definition) is 1. The largest absolute Gasteiger partial charge is 0.340 e. The Morgan fingerprint density at radius 3 is 2.71 bits per heavy atom. The molecule has 90 valence electrons. The lowest BCUT2D eigenvalue weighted by Crippen LogP contribution is -2.13. The van der Waals surface area contributed by atoms with Gasteiger partial charge < -0.3 is 10.3 Å². The molecule has 1 aromatic heterocycles. The van der Waals surface area contributed by atoms with E-state index >= 15 is 0 Å². The van der Waals surface area contributed by atoms with Crippen molar-refractivity contribution in [2.24, 2.45) is 12.8 Å². The molecule has 0 aliphatic carbocycles. The minimum Gasteiger partial charge on any atom is -0.340 e. The molecule has 1 aromatic carbocycles. The fraction of sp³-hybridized carbons (Fsp3) is 0.250. The summed E-state index contributed by atoms with van der Waals surface area (Å²) >= 11 is 11.8. The highest BCUT2D eigenvalue weighted by atomic mass is 35.5. The van der Waals surface area contributed by atoms with Crippen LogP contribution < -0.4 is 5.73 Å². The quantitative estimate of drug-likeness (QED) is 0.931. The van der Waals surface area contributed by atoms with Gasteiger partial charge in [-0.25, -0.2) is 4.98 Å². The summed E-state index contributed by atoms with van der Waals surface area (Å²) in [5, 5.41) is 1.11. The Bertz CT molecular complexity index is 522. The molecule has 2 N–H and O–H groups in total. The molecule has 0 saturated heterocycles. The van der Waals surface area contributed by atoms with Crippen LogP contribution >= 0.6 is 23.2 Å². The van der Waals surface area contributed by atoms with Gasteiger partial charge in [0.2, 0.25) is 0 Å². The summed E-state index contributed by atoms with van der Waals surface area (Å²) in [6, 6.07) is 5.42. The normalized spacial score (nSPS) is 12.7. The van der Waals surface area contributed by atoms with Gasteiger partial charge in [0, 0.05) is 13.2 Å². The second kappa shape index (κ2) is 5.08. The summed E-state index contributed by atoms with van der Waals surface area (Å²) in [5.74, 6) is 0. The van der Waals surface area contributed by atoms with E-state index in [0.717, 1.165) is 11.3 Å². The molecular formula is C12H13Cl2N3. The number of halogens is 2. The van der Waals surface area contributed by atoms with Gasteiger partial charge in [0.05, 0.1) is 28.1 Å². The molecule has 2 aromatic rings. The van der Waals surface area contributed by atoms with Crippen LogP contribution in [0.2, 0.25) is 10.0 Å². The Morgan fingerprint density at radius 1 is 1.35 bits per heavy atom. The van der Waals surface area contributed by atoms with Crippen LogP contribution in [0, 0.1) is 0 Å². The Labute approximate surface area is 110 Å². The summed E-state index contributed by atoms with van der Waals surface area (Å²) in [7, 11) is 1.92. The van der Waals surface area contributed by atoms with Crippen molar-refractivity contribution in [3.05, 3.63) is 52.0 Å². The summed E-state index contributed by atoms with van der Waals surface area (Å²) in [4.78, 5) is 4.23. The summed E-state index contributed by atoms with van der Waals surface area (Å²) < 4.78 is 1.88. The van der Waals surface area contributed by atoms with Gasteiger partial charge in [0.1, 0.15) is 0 Å². The predicted octanol–water partition coefficient (Wildman–Crippen LogP) is 2.97. The predicted molar refractivity (Wildman–Crippen MR) is 70.3 cm³/mol. The minimum absolute atomic E-state index is 0.131. The first-order chi connectivity index (χ1) is 8.06. The molecule has 1 unspecified atom stereocenters. The molecule has 0 fully saturated rings. The molecule has 0 saturated carbocycles. The van der Waals surface area contributed by atoms with E-state index in [2.05, 4.69) is 4.98 Å². The molecule has 17 heavy (non-hydrogen) atoms. The van der Waals surface area contributed by atoms with Gasteiger partial charge in [0.15, 0.2) is 0 Å². The highest BCUT2D eigenvalue weighted by Gasteiger charge is 2.10. The zero-order valence-corrected chi connectivity index (χ0v) is 10.9. The fourth-order valence-electron chi connectivity index (χ4n) is 1.65. The highest BCUT2D eigenvalue weighted by Crippen LogP contribution is 2.24. The molecule has 2 rings (SSSR count). The Kier molecular flexibility index (Phi) is 3.72. The fourth-order valence-corrected chi connectivity index (χ4v) is 1.97.